The first-order valence-electron chi connectivity index (χ1n) is 5.01. The Labute approximate surface area is 69.8 Å². The molecule has 1 fully saturated rings. The molecule has 1 atom stereocenters. The highest BCUT2D eigenvalue weighted by Gasteiger charge is 2.20. The second kappa shape index (κ2) is 4.76. The van der Waals surface area contributed by atoms with Crippen molar-refractivity contribution in [2.75, 3.05) is 0 Å². The van der Waals surface area contributed by atoms with E-state index in [9.17, 15) is 5.11 Å². The van der Waals surface area contributed by atoms with Gasteiger partial charge in [0.15, 0.2) is 0 Å². The summed E-state index contributed by atoms with van der Waals surface area (Å²) in [5.41, 5.74) is 0. The van der Waals surface area contributed by atoms with Crippen molar-refractivity contribution < 1.29 is 5.11 Å². The summed E-state index contributed by atoms with van der Waals surface area (Å²) in [6.45, 7) is 2.18. The molecule has 1 aliphatic rings. The van der Waals surface area contributed by atoms with E-state index in [1.807, 2.05) is 0 Å². The van der Waals surface area contributed by atoms with Crippen LogP contribution in [0.3, 0.4) is 0 Å². The van der Waals surface area contributed by atoms with Crippen LogP contribution in [0.25, 0.3) is 0 Å². The zero-order valence-electron chi connectivity index (χ0n) is 7.55. The van der Waals surface area contributed by atoms with Gasteiger partial charge in [0.25, 0.3) is 0 Å². The minimum atomic E-state index is 0.000231. The van der Waals surface area contributed by atoms with Crippen LogP contribution in [0.2, 0.25) is 0 Å². The third-order valence-electron chi connectivity index (χ3n) is 2.72. The summed E-state index contributed by atoms with van der Waals surface area (Å²) >= 11 is 0. The van der Waals surface area contributed by atoms with Crippen LogP contribution in [0, 0.1) is 5.92 Å². The van der Waals surface area contributed by atoms with E-state index >= 15 is 0 Å². The van der Waals surface area contributed by atoms with E-state index in [0.717, 1.165) is 18.8 Å². The SMILES string of the molecule is CCCCC(O)CC1CCC1. The van der Waals surface area contributed by atoms with Crippen molar-refractivity contribution in [2.24, 2.45) is 5.92 Å². The maximum atomic E-state index is 9.52. The molecule has 1 saturated carbocycles. The zero-order valence-corrected chi connectivity index (χ0v) is 7.55. The van der Waals surface area contributed by atoms with Crippen molar-refractivity contribution in [1.82, 2.24) is 0 Å². The standard InChI is InChI=1S/C10H20O/c1-2-3-7-10(11)8-9-5-4-6-9/h9-11H,2-8H2,1H3. The molecule has 1 N–H and O–H groups in total. The predicted octanol–water partition coefficient (Wildman–Crippen LogP) is 2.73. The van der Waals surface area contributed by atoms with E-state index in [-0.39, 0.29) is 6.10 Å². The van der Waals surface area contributed by atoms with Crippen molar-refractivity contribution >= 4 is 0 Å². The Morgan fingerprint density at radius 2 is 2.18 bits per heavy atom. The molecule has 0 aliphatic heterocycles. The molecule has 0 radical (unpaired) electrons. The first kappa shape index (κ1) is 9.05. The summed E-state index contributed by atoms with van der Waals surface area (Å²) < 4.78 is 0. The summed E-state index contributed by atoms with van der Waals surface area (Å²) in [6.07, 6.45) is 8.61. The van der Waals surface area contributed by atoms with Crippen molar-refractivity contribution in [3.8, 4) is 0 Å². The van der Waals surface area contributed by atoms with Gasteiger partial charge in [-0.1, -0.05) is 39.0 Å². The van der Waals surface area contributed by atoms with Gasteiger partial charge in [-0.3, -0.25) is 0 Å². The third kappa shape index (κ3) is 3.24. The van der Waals surface area contributed by atoms with E-state index in [4.69, 9.17) is 0 Å². The second-order valence-corrected chi connectivity index (χ2v) is 3.83. The number of hydrogen-bond acceptors (Lipinski definition) is 1. The van der Waals surface area contributed by atoms with E-state index < -0.39 is 0 Å². The van der Waals surface area contributed by atoms with Gasteiger partial charge in [-0.15, -0.1) is 0 Å². The molecule has 0 spiro atoms. The van der Waals surface area contributed by atoms with Crippen LogP contribution in [0.1, 0.15) is 51.9 Å². The maximum Gasteiger partial charge on any atom is 0.0542 e. The second-order valence-electron chi connectivity index (χ2n) is 3.83. The lowest BCUT2D eigenvalue weighted by molar-refractivity contribution is 0.108. The average Bonchev–Trinajstić information content (AvgIpc) is 1.93. The first-order valence-corrected chi connectivity index (χ1v) is 5.01. The molecule has 66 valence electrons. The molecular formula is C10H20O. The molecular weight excluding hydrogens is 136 g/mol. The summed E-state index contributed by atoms with van der Waals surface area (Å²) in [6, 6.07) is 0. The molecule has 1 unspecified atom stereocenters. The fourth-order valence-electron chi connectivity index (χ4n) is 1.67. The molecule has 1 aliphatic carbocycles. The molecule has 1 rings (SSSR count). The van der Waals surface area contributed by atoms with Crippen molar-refractivity contribution in [2.45, 2.75) is 58.0 Å². The largest absolute Gasteiger partial charge is 0.393 e. The number of aliphatic hydroxyl groups is 1. The molecule has 0 aromatic carbocycles. The van der Waals surface area contributed by atoms with Crippen LogP contribution >= 0.6 is 0 Å². The lowest BCUT2D eigenvalue weighted by Crippen LogP contribution is -2.19. The van der Waals surface area contributed by atoms with Gasteiger partial charge in [-0.25, -0.2) is 0 Å². The van der Waals surface area contributed by atoms with Gasteiger partial charge < -0.3 is 5.11 Å². The Kier molecular flexibility index (Phi) is 3.92. The van der Waals surface area contributed by atoms with Gasteiger partial charge in [0, 0.05) is 0 Å². The maximum absolute atomic E-state index is 9.52. The molecule has 0 aromatic rings. The molecule has 0 aromatic heterocycles. The Balaban J connectivity index is 1.95. The Morgan fingerprint density at radius 1 is 1.45 bits per heavy atom. The lowest BCUT2D eigenvalue weighted by atomic mass is 9.81. The van der Waals surface area contributed by atoms with Crippen LogP contribution in [-0.2, 0) is 0 Å². The normalized spacial score (nSPS) is 21.3. The van der Waals surface area contributed by atoms with Crippen LogP contribution in [-0.4, -0.2) is 11.2 Å². The van der Waals surface area contributed by atoms with Gasteiger partial charge in [-0.05, 0) is 18.8 Å². The first-order chi connectivity index (χ1) is 5.33. The Hall–Kier alpha value is -0.0400. The van der Waals surface area contributed by atoms with Crippen LogP contribution in [0.5, 0.6) is 0 Å². The number of hydrogen-bond donors (Lipinski definition) is 1. The van der Waals surface area contributed by atoms with E-state index in [1.165, 1.54) is 32.1 Å². The quantitative estimate of drug-likeness (QED) is 0.649. The van der Waals surface area contributed by atoms with Crippen LogP contribution in [0.4, 0.5) is 0 Å². The van der Waals surface area contributed by atoms with Crippen LogP contribution < -0.4 is 0 Å². The summed E-state index contributed by atoms with van der Waals surface area (Å²) in [4.78, 5) is 0. The van der Waals surface area contributed by atoms with Crippen molar-refractivity contribution in [3.63, 3.8) is 0 Å². The van der Waals surface area contributed by atoms with Gasteiger partial charge in [0.05, 0.1) is 6.10 Å². The van der Waals surface area contributed by atoms with Crippen molar-refractivity contribution in [3.05, 3.63) is 0 Å². The molecule has 0 saturated heterocycles. The smallest absolute Gasteiger partial charge is 0.0542 e. The fourth-order valence-corrected chi connectivity index (χ4v) is 1.67. The van der Waals surface area contributed by atoms with E-state index in [2.05, 4.69) is 6.92 Å². The number of unbranched alkanes of at least 4 members (excludes halogenated alkanes) is 1. The molecule has 1 nitrogen and oxygen atoms in total. The fraction of sp³-hybridized carbons (Fsp3) is 1.00. The summed E-state index contributed by atoms with van der Waals surface area (Å²) in [5, 5.41) is 9.52. The molecule has 11 heavy (non-hydrogen) atoms. The van der Waals surface area contributed by atoms with Crippen molar-refractivity contribution in [1.29, 1.82) is 0 Å². The highest BCUT2D eigenvalue weighted by atomic mass is 16.3. The van der Waals surface area contributed by atoms with Gasteiger partial charge >= 0.3 is 0 Å². The minimum Gasteiger partial charge on any atom is -0.393 e. The highest BCUT2D eigenvalue weighted by molar-refractivity contribution is 4.72. The number of rotatable bonds is 5. The zero-order chi connectivity index (χ0) is 8.10. The lowest BCUT2D eigenvalue weighted by Gasteiger charge is -2.27. The summed E-state index contributed by atoms with van der Waals surface area (Å²) in [7, 11) is 0. The Bertz CT molecular complexity index is 97.0. The molecule has 0 amide bonds. The highest BCUT2D eigenvalue weighted by Crippen LogP contribution is 2.31. The molecule has 1 heteroatoms. The third-order valence-corrected chi connectivity index (χ3v) is 2.72. The topological polar surface area (TPSA) is 20.2 Å². The molecule has 0 bridgehead atoms. The van der Waals surface area contributed by atoms with E-state index in [0.29, 0.717) is 0 Å². The Morgan fingerprint density at radius 3 is 2.64 bits per heavy atom. The minimum absolute atomic E-state index is 0.000231. The van der Waals surface area contributed by atoms with Gasteiger partial charge in [0.1, 0.15) is 0 Å². The van der Waals surface area contributed by atoms with Gasteiger partial charge in [0.2, 0.25) is 0 Å². The number of aliphatic hydroxyl groups excluding tert-OH is 1. The van der Waals surface area contributed by atoms with Gasteiger partial charge in [-0.2, -0.15) is 0 Å². The van der Waals surface area contributed by atoms with Crippen LogP contribution in [0.15, 0.2) is 0 Å². The predicted molar refractivity (Wildman–Crippen MR) is 47.5 cm³/mol. The average molecular weight is 156 g/mol. The molecule has 0 heterocycles. The monoisotopic (exact) mass is 156 g/mol. The van der Waals surface area contributed by atoms with E-state index in [1.54, 1.807) is 0 Å². The summed E-state index contributed by atoms with van der Waals surface area (Å²) in [5.74, 6) is 0.863.